The molecule has 0 radical (unpaired) electrons. The minimum atomic E-state index is -4.70. The molecule has 0 saturated heterocycles. The van der Waals surface area contributed by atoms with Gasteiger partial charge in [-0.25, -0.2) is 4.39 Å². The molecule has 0 bridgehead atoms. The molecule has 1 rings (SSSR count). The first-order valence-corrected chi connectivity index (χ1v) is 4.83. The van der Waals surface area contributed by atoms with E-state index in [0.717, 1.165) is 0 Å². The van der Waals surface area contributed by atoms with Gasteiger partial charge in [0, 0.05) is 11.6 Å². The van der Waals surface area contributed by atoms with Crippen molar-refractivity contribution in [2.75, 3.05) is 6.54 Å². The zero-order chi connectivity index (χ0) is 13.2. The van der Waals surface area contributed by atoms with Crippen molar-refractivity contribution in [3.8, 4) is 5.75 Å². The fourth-order valence-electron chi connectivity index (χ4n) is 1.53. The van der Waals surface area contributed by atoms with Crippen molar-refractivity contribution in [3.05, 3.63) is 29.1 Å². The highest BCUT2D eigenvalue weighted by molar-refractivity contribution is 5.85. The molecule has 3 nitrogen and oxygen atoms in total. The third-order valence-corrected chi connectivity index (χ3v) is 2.32. The van der Waals surface area contributed by atoms with Crippen LogP contribution in [0.3, 0.4) is 0 Å². The van der Waals surface area contributed by atoms with E-state index >= 15 is 0 Å². The van der Waals surface area contributed by atoms with Gasteiger partial charge in [-0.15, -0.1) is 12.4 Å². The lowest BCUT2D eigenvalue weighted by Gasteiger charge is -2.19. The molecule has 5 N–H and O–H groups in total. The van der Waals surface area contributed by atoms with Gasteiger partial charge in [0.2, 0.25) is 0 Å². The number of aromatic hydroxyl groups is 1. The molecule has 0 saturated carbocycles. The number of nitrogens with two attached hydrogens (primary N) is 2. The average molecular weight is 289 g/mol. The number of alkyl halides is 3. The van der Waals surface area contributed by atoms with Crippen molar-refractivity contribution in [1.82, 2.24) is 0 Å². The first-order chi connectivity index (χ1) is 7.79. The Labute approximate surface area is 107 Å². The third-order valence-electron chi connectivity index (χ3n) is 2.32. The molecule has 0 amide bonds. The summed E-state index contributed by atoms with van der Waals surface area (Å²) in [6, 6.07) is -0.0512. The number of phenols is 1. The van der Waals surface area contributed by atoms with E-state index in [-0.39, 0.29) is 25.4 Å². The van der Waals surface area contributed by atoms with Crippen LogP contribution in [0.25, 0.3) is 0 Å². The molecule has 0 aliphatic rings. The molecule has 0 heterocycles. The van der Waals surface area contributed by atoms with E-state index < -0.39 is 34.9 Å². The second-order valence-corrected chi connectivity index (χ2v) is 3.54. The smallest absolute Gasteiger partial charge is 0.416 e. The van der Waals surface area contributed by atoms with Gasteiger partial charge in [-0.3, -0.25) is 0 Å². The van der Waals surface area contributed by atoms with Crippen molar-refractivity contribution in [1.29, 1.82) is 0 Å². The molecular weight excluding hydrogens is 276 g/mol. The summed E-state index contributed by atoms with van der Waals surface area (Å²) in [6.07, 6.45) is -4.69. The molecule has 1 atom stereocenters. The van der Waals surface area contributed by atoms with Crippen molar-refractivity contribution in [3.63, 3.8) is 0 Å². The maximum atomic E-state index is 13.0. The summed E-state index contributed by atoms with van der Waals surface area (Å²) in [7, 11) is 0. The van der Waals surface area contributed by atoms with E-state index in [9.17, 15) is 22.7 Å². The lowest BCUT2D eigenvalue weighted by atomic mass is 9.96. The number of hydrogen-bond acceptors (Lipinski definition) is 3. The van der Waals surface area contributed by atoms with E-state index in [1.165, 1.54) is 0 Å². The number of halogens is 5. The van der Waals surface area contributed by atoms with Crippen LogP contribution in [0.2, 0.25) is 0 Å². The predicted octanol–water partition coefficient (Wildman–Crippen LogP) is 2.32. The number of rotatable bonds is 3. The molecular formula is C10H13ClF4N2O. The van der Waals surface area contributed by atoms with Gasteiger partial charge in [-0.2, -0.15) is 13.2 Å². The van der Waals surface area contributed by atoms with Gasteiger partial charge in [0.25, 0.3) is 0 Å². The van der Waals surface area contributed by atoms with Gasteiger partial charge in [0.15, 0.2) is 11.6 Å². The number of phenolic OH excluding ortho intramolecular Hbond substituents is 1. The topological polar surface area (TPSA) is 72.3 Å². The molecule has 0 spiro atoms. The van der Waals surface area contributed by atoms with Gasteiger partial charge in [-0.05, 0) is 25.1 Å². The molecule has 1 aromatic carbocycles. The Hall–Kier alpha value is -1.05. The second kappa shape index (κ2) is 6.21. The normalized spacial score (nSPS) is 13.0. The lowest BCUT2D eigenvalue weighted by Crippen LogP contribution is -2.20. The Morgan fingerprint density at radius 1 is 1.28 bits per heavy atom. The highest BCUT2D eigenvalue weighted by Crippen LogP contribution is 2.40. The number of hydrogen-bond donors (Lipinski definition) is 3. The summed E-state index contributed by atoms with van der Waals surface area (Å²) in [4.78, 5) is 0. The Kier molecular flexibility index (Phi) is 5.85. The summed E-state index contributed by atoms with van der Waals surface area (Å²) in [5, 5.41) is 9.34. The first-order valence-electron chi connectivity index (χ1n) is 4.83. The predicted molar refractivity (Wildman–Crippen MR) is 60.9 cm³/mol. The minimum absolute atomic E-state index is 0. The Morgan fingerprint density at radius 2 is 1.83 bits per heavy atom. The van der Waals surface area contributed by atoms with Crippen LogP contribution in [0.15, 0.2) is 12.1 Å². The van der Waals surface area contributed by atoms with Crippen molar-refractivity contribution in [2.45, 2.75) is 18.6 Å². The van der Waals surface area contributed by atoms with E-state index in [2.05, 4.69) is 0 Å². The zero-order valence-electron chi connectivity index (χ0n) is 9.17. The van der Waals surface area contributed by atoms with Crippen LogP contribution in [0.1, 0.15) is 23.6 Å². The van der Waals surface area contributed by atoms with Gasteiger partial charge in [0.05, 0.1) is 5.56 Å². The molecule has 0 unspecified atom stereocenters. The molecule has 18 heavy (non-hydrogen) atoms. The van der Waals surface area contributed by atoms with Gasteiger partial charge in [-0.1, -0.05) is 0 Å². The van der Waals surface area contributed by atoms with E-state index in [1.54, 1.807) is 0 Å². The highest BCUT2D eigenvalue weighted by Gasteiger charge is 2.36. The molecule has 1 aromatic rings. The maximum absolute atomic E-state index is 13.0. The molecule has 0 aliphatic heterocycles. The van der Waals surface area contributed by atoms with Crippen LogP contribution < -0.4 is 11.5 Å². The Bertz CT molecular complexity index is 412. The van der Waals surface area contributed by atoms with Crippen LogP contribution in [-0.4, -0.2) is 11.7 Å². The Morgan fingerprint density at radius 3 is 2.28 bits per heavy atom. The van der Waals surface area contributed by atoms with E-state index in [1.807, 2.05) is 0 Å². The summed E-state index contributed by atoms with van der Waals surface area (Å²) in [5.74, 6) is -2.21. The molecule has 0 aliphatic carbocycles. The fourth-order valence-corrected chi connectivity index (χ4v) is 1.53. The van der Waals surface area contributed by atoms with Gasteiger partial charge in [0.1, 0.15) is 0 Å². The molecule has 0 aromatic heterocycles. The zero-order valence-corrected chi connectivity index (χ0v) is 9.98. The second-order valence-electron chi connectivity index (χ2n) is 3.54. The van der Waals surface area contributed by atoms with Crippen LogP contribution in [-0.2, 0) is 6.18 Å². The average Bonchev–Trinajstić information content (AvgIpc) is 2.20. The van der Waals surface area contributed by atoms with Crippen LogP contribution in [0, 0.1) is 5.82 Å². The fraction of sp³-hybridized carbons (Fsp3) is 0.400. The van der Waals surface area contributed by atoms with Crippen LogP contribution in [0.5, 0.6) is 5.75 Å². The first kappa shape index (κ1) is 16.9. The maximum Gasteiger partial charge on any atom is 0.416 e. The van der Waals surface area contributed by atoms with Gasteiger partial charge < -0.3 is 16.6 Å². The van der Waals surface area contributed by atoms with Crippen molar-refractivity contribution in [2.24, 2.45) is 11.5 Å². The summed E-state index contributed by atoms with van der Waals surface area (Å²) in [6.45, 7) is 0.0361. The summed E-state index contributed by atoms with van der Waals surface area (Å²) >= 11 is 0. The summed E-state index contributed by atoms with van der Waals surface area (Å²) in [5.41, 5.74) is 8.85. The molecule has 104 valence electrons. The van der Waals surface area contributed by atoms with Crippen LogP contribution in [0.4, 0.5) is 17.6 Å². The summed E-state index contributed by atoms with van der Waals surface area (Å²) < 4.78 is 51.0. The van der Waals surface area contributed by atoms with Crippen LogP contribution >= 0.6 is 12.4 Å². The lowest BCUT2D eigenvalue weighted by molar-refractivity contribution is -0.138. The molecule has 0 fully saturated rings. The van der Waals surface area contributed by atoms with Gasteiger partial charge >= 0.3 is 6.18 Å². The standard InChI is InChI=1S/C10H12F4N2O.ClH/c11-6-2-1-5(10(12,13)14)8(9(6)17)7(16)3-4-15;/h1-2,7,17H,3-4,15-16H2;1H/t7-;/m0./s1. The van der Waals surface area contributed by atoms with E-state index in [0.29, 0.717) is 12.1 Å². The van der Waals surface area contributed by atoms with Crippen molar-refractivity contribution < 1.29 is 22.7 Å². The Balaban J connectivity index is 0.00000289. The monoisotopic (exact) mass is 288 g/mol. The SMILES string of the molecule is Cl.NCC[C@H](N)c1c(C(F)(F)F)ccc(F)c1O. The highest BCUT2D eigenvalue weighted by atomic mass is 35.5. The number of benzene rings is 1. The quantitative estimate of drug-likeness (QED) is 0.748. The minimum Gasteiger partial charge on any atom is -0.505 e. The molecule has 8 heteroatoms. The largest absolute Gasteiger partial charge is 0.505 e. The van der Waals surface area contributed by atoms with Crippen molar-refractivity contribution >= 4 is 12.4 Å². The van der Waals surface area contributed by atoms with E-state index in [4.69, 9.17) is 11.5 Å². The third kappa shape index (κ3) is 3.47.